The van der Waals surface area contributed by atoms with Gasteiger partial charge in [0.15, 0.2) is 5.69 Å². The molecule has 0 atom stereocenters. The minimum atomic E-state index is -4.44. The molecule has 23 heavy (non-hydrogen) atoms. The van der Waals surface area contributed by atoms with Gasteiger partial charge in [0.2, 0.25) is 11.8 Å². The van der Waals surface area contributed by atoms with Crippen molar-refractivity contribution in [1.29, 1.82) is 0 Å². The Bertz CT molecular complexity index is 793. The van der Waals surface area contributed by atoms with Gasteiger partial charge >= 0.3 is 6.18 Å². The summed E-state index contributed by atoms with van der Waals surface area (Å²) in [7, 11) is 0. The van der Waals surface area contributed by atoms with E-state index in [9.17, 15) is 13.2 Å². The van der Waals surface area contributed by atoms with Crippen molar-refractivity contribution in [3.8, 4) is 11.5 Å². The predicted octanol–water partition coefficient (Wildman–Crippen LogP) is 3.50. The summed E-state index contributed by atoms with van der Waals surface area (Å²) in [6.07, 6.45) is -4.14. The van der Waals surface area contributed by atoms with Crippen LogP contribution in [-0.2, 0) is 19.1 Å². The van der Waals surface area contributed by atoms with Crippen molar-refractivity contribution in [2.24, 2.45) is 0 Å². The molecule has 2 heterocycles. The van der Waals surface area contributed by atoms with Crippen LogP contribution in [0.25, 0.3) is 11.5 Å². The minimum Gasteiger partial charge on any atom is -0.421 e. The summed E-state index contributed by atoms with van der Waals surface area (Å²) in [6.45, 7) is 1.81. The lowest BCUT2D eigenvalue weighted by molar-refractivity contribution is -0.141. The molecule has 2 aromatic heterocycles. The predicted molar refractivity (Wildman–Crippen MR) is 75.4 cm³/mol. The quantitative estimate of drug-likeness (QED) is 0.737. The van der Waals surface area contributed by atoms with E-state index in [4.69, 9.17) is 4.42 Å². The molecule has 0 fully saturated rings. The van der Waals surface area contributed by atoms with E-state index in [1.54, 1.807) is 6.92 Å². The maximum atomic E-state index is 12.6. The Morgan fingerprint density at radius 3 is 2.52 bits per heavy atom. The molecule has 1 aromatic carbocycles. The van der Waals surface area contributed by atoms with Gasteiger partial charge in [0.05, 0.1) is 0 Å². The molecule has 0 bridgehead atoms. The van der Waals surface area contributed by atoms with Crippen LogP contribution in [0.3, 0.4) is 0 Å². The number of aromatic nitrogens is 4. The van der Waals surface area contributed by atoms with Crippen molar-refractivity contribution in [1.82, 2.24) is 20.0 Å². The largest absolute Gasteiger partial charge is 0.435 e. The summed E-state index contributed by atoms with van der Waals surface area (Å²) in [4.78, 5) is 0. The Hall–Kier alpha value is -2.64. The fraction of sp³-hybridized carbons (Fsp3) is 0.267. The first-order valence-electron chi connectivity index (χ1n) is 6.93. The second-order valence-corrected chi connectivity index (χ2v) is 5.01. The van der Waals surface area contributed by atoms with Crippen LogP contribution in [0.15, 0.2) is 40.8 Å². The number of alkyl halides is 3. The maximum absolute atomic E-state index is 12.6. The first-order chi connectivity index (χ1) is 10.9. The van der Waals surface area contributed by atoms with Crippen LogP contribution in [0.5, 0.6) is 0 Å². The van der Waals surface area contributed by atoms with Crippen molar-refractivity contribution < 1.29 is 17.6 Å². The summed E-state index contributed by atoms with van der Waals surface area (Å²) in [5.74, 6) is 0.737. The topological polar surface area (TPSA) is 56.7 Å². The third-order valence-corrected chi connectivity index (χ3v) is 3.30. The Morgan fingerprint density at radius 2 is 1.87 bits per heavy atom. The molecule has 0 spiro atoms. The molecular weight excluding hydrogens is 309 g/mol. The fourth-order valence-corrected chi connectivity index (χ4v) is 2.13. The van der Waals surface area contributed by atoms with Gasteiger partial charge in [-0.3, -0.25) is 4.68 Å². The molecule has 0 amide bonds. The number of aryl methyl sites for hydroxylation is 3. The van der Waals surface area contributed by atoms with E-state index in [1.165, 1.54) is 4.68 Å². The van der Waals surface area contributed by atoms with Crippen molar-refractivity contribution in [2.75, 3.05) is 0 Å². The Labute approximate surface area is 129 Å². The summed E-state index contributed by atoms with van der Waals surface area (Å²) in [5.41, 5.74) is 0.325. The molecule has 0 aliphatic rings. The highest BCUT2D eigenvalue weighted by Gasteiger charge is 2.34. The molecule has 0 N–H and O–H groups in total. The van der Waals surface area contributed by atoms with E-state index >= 15 is 0 Å². The normalized spacial score (nSPS) is 11.8. The van der Waals surface area contributed by atoms with Gasteiger partial charge < -0.3 is 4.42 Å². The third-order valence-electron chi connectivity index (χ3n) is 3.30. The lowest BCUT2D eigenvalue weighted by Gasteiger charge is -2.02. The SMILES string of the molecule is Cc1cc(C(F)(F)F)nn1CCc1nnc(-c2ccccc2)o1. The van der Waals surface area contributed by atoms with E-state index in [0.717, 1.165) is 11.6 Å². The zero-order chi connectivity index (χ0) is 16.4. The molecule has 0 aliphatic heterocycles. The lowest BCUT2D eigenvalue weighted by atomic mass is 10.2. The smallest absolute Gasteiger partial charge is 0.421 e. The highest BCUT2D eigenvalue weighted by molar-refractivity contribution is 5.51. The Morgan fingerprint density at radius 1 is 1.13 bits per heavy atom. The number of hydrogen-bond acceptors (Lipinski definition) is 4. The molecule has 120 valence electrons. The monoisotopic (exact) mass is 322 g/mol. The Kier molecular flexibility index (Phi) is 3.89. The molecule has 0 aliphatic carbocycles. The molecule has 0 saturated carbocycles. The number of hydrogen-bond donors (Lipinski definition) is 0. The first-order valence-corrected chi connectivity index (χ1v) is 6.93. The zero-order valence-corrected chi connectivity index (χ0v) is 12.2. The summed E-state index contributed by atoms with van der Waals surface area (Å²) in [6, 6.07) is 10.3. The molecule has 0 unspecified atom stereocenters. The summed E-state index contributed by atoms with van der Waals surface area (Å²) < 4.78 is 44.7. The van der Waals surface area contributed by atoms with Crippen LogP contribution in [0.2, 0.25) is 0 Å². The number of nitrogens with zero attached hydrogens (tertiary/aromatic N) is 4. The number of rotatable bonds is 4. The first kappa shape index (κ1) is 15.3. The van der Waals surface area contributed by atoms with Gasteiger partial charge in [0.25, 0.3) is 0 Å². The van der Waals surface area contributed by atoms with E-state index in [1.807, 2.05) is 30.3 Å². The van der Waals surface area contributed by atoms with E-state index in [2.05, 4.69) is 15.3 Å². The van der Waals surface area contributed by atoms with Crippen LogP contribution in [0.1, 0.15) is 17.3 Å². The second kappa shape index (κ2) is 5.86. The zero-order valence-electron chi connectivity index (χ0n) is 12.2. The van der Waals surface area contributed by atoms with Crippen molar-refractivity contribution in [3.05, 3.63) is 53.7 Å². The molecule has 0 saturated heterocycles. The van der Waals surface area contributed by atoms with Crippen LogP contribution in [0, 0.1) is 6.92 Å². The molecule has 3 aromatic rings. The Balaban J connectivity index is 1.70. The van der Waals surface area contributed by atoms with Gasteiger partial charge in [-0.2, -0.15) is 18.3 Å². The van der Waals surface area contributed by atoms with E-state index in [0.29, 0.717) is 23.9 Å². The second-order valence-electron chi connectivity index (χ2n) is 5.01. The lowest BCUT2D eigenvalue weighted by Crippen LogP contribution is -2.09. The van der Waals surface area contributed by atoms with E-state index < -0.39 is 11.9 Å². The number of benzene rings is 1. The molecular formula is C15H13F3N4O. The van der Waals surface area contributed by atoms with Crippen LogP contribution in [0.4, 0.5) is 13.2 Å². The minimum absolute atomic E-state index is 0.234. The summed E-state index contributed by atoms with van der Waals surface area (Å²) in [5, 5.41) is 11.4. The summed E-state index contributed by atoms with van der Waals surface area (Å²) >= 11 is 0. The fourth-order valence-electron chi connectivity index (χ4n) is 2.13. The highest BCUT2D eigenvalue weighted by atomic mass is 19.4. The number of halogens is 3. The molecule has 3 rings (SSSR count). The average molecular weight is 322 g/mol. The van der Waals surface area contributed by atoms with Gasteiger partial charge in [0, 0.05) is 24.2 Å². The van der Waals surface area contributed by atoms with Crippen LogP contribution < -0.4 is 0 Å². The van der Waals surface area contributed by atoms with Crippen molar-refractivity contribution in [2.45, 2.75) is 26.1 Å². The highest BCUT2D eigenvalue weighted by Crippen LogP contribution is 2.28. The van der Waals surface area contributed by atoms with Gasteiger partial charge in [-0.25, -0.2) is 0 Å². The average Bonchev–Trinajstić information content (AvgIpc) is 3.12. The van der Waals surface area contributed by atoms with E-state index in [-0.39, 0.29) is 6.54 Å². The van der Waals surface area contributed by atoms with Gasteiger partial charge in [0.1, 0.15) is 0 Å². The molecule has 8 heteroatoms. The van der Waals surface area contributed by atoms with Crippen LogP contribution >= 0.6 is 0 Å². The van der Waals surface area contributed by atoms with Crippen molar-refractivity contribution >= 4 is 0 Å². The van der Waals surface area contributed by atoms with Crippen LogP contribution in [-0.4, -0.2) is 20.0 Å². The third kappa shape index (κ3) is 3.41. The maximum Gasteiger partial charge on any atom is 0.435 e. The molecule has 5 nitrogen and oxygen atoms in total. The van der Waals surface area contributed by atoms with Crippen molar-refractivity contribution in [3.63, 3.8) is 0 Å². The standard InChI is InChI=1S/C15H13F3N4O/c1-10-9-12(15(16,17)18)21-22(10)8-7-13-19-20-14(23-13)11-5-3-2-4-6-11/h2-6,9H,7-8H2,1H3. The van der Waals surface area contributed by atoms with Gasteiger partial charge in [-0.05, 0) is 25.1 Å². The van der Waals surface area contributed by atoms with Gasteiger partial charge in [-0.15, -0.1) is 10.2 Å². The van der Waals surface area contributed by atoms with Gasteiger partial charge in [-0.1, -0.05) is 18.2 Å². The molecule has 0 radical (unpaired) electrons.